The van der Waals surface area contributed by atoms with E-state index in [0.717, 1.165) is 24.6 Å². The summed E-state index contributed by atoms with van der Waals surface area (Å²) >= 11 is 0. The summed E-state index contributed by atoms with van der Waals surface area (Å²) in [4.78, 5) is 20.5. The quantitative estimate of drug-likeness (QED) is 0.850. The largest absolute Gasteiger partial charge is 0.373 e. The Morgan fingerprint density at radius 3 is 2.80 bits per heavy atom. The van der Waals surface area contributed by atoms with Crippen LogP contribution in [0, 0.1) is 5.92 Å². The Kier molecular flexibility index (Phi) is 10.2. The van der Waals surface area contributed by atoms with Gasteiger partial charge in [0.1, 0.15) is 5.69 Å². The van der Waals surface area contributed by atoms with Crippen LogP contribution in [0.15, 0.2) is 18.3 Å². The van der Waals surface area contributed by atoms with Crippen molar-refractivity contribution in [3.05, 3.63) is 24.0 Å². The summed E-state index contributed by atoms with van der Waals surface area (Å²) in [6.07, 6.45) is 7.02. The van der Waals surface area contributed by atoms with Gasteiger partial charge in [0.15, 0.2) is 0 Å². The van der Waals surface area contributed by atoms with Crippen molar-refractivity contribution in [1.29, 1.82) is 0 Å². The molecular formula is C20H38N4O. The zero-order valence-corrected chi connectivity index (χ0v) is 16.7. The second-order valence-electron chi connectivity index (χ2n) is 6.66. The van der Waals surface area contributed by atoms with Crippen molar-refractivity contribution in [3.63, 3.8) is 0 Å². The molecule has 1 fully saturated rings. The molecule has 25 heavy (non-hydrogen) atoms. The van der Waals surface area contributed by atoms with Crippen molar-refractivity contribution in [2.45, 2.75) is 46.5 Å². The van der Waals surface area contributed by atoms with Crippen LogP contribution in [0.1, 0.15) is 58.4 Å². The van der Waals surface area contributed by atoms with E-state index >= 15 is 0 Å². The number of hydrogen-bond acceptors (Lipinski definition) is 4. The Hall–Kier alpha value is -1.62. The lowest BCUT2D eigenvalue weighted by atomic mass is 10.1. The minimum atomic E-state index is -0.144. The van der Waals surface area contributed by atoms with Crippen molar-refractivity contribution in [3.8, 4) is 0 Å². The van der Waals surface area contributed by atoms with Crippen LogP contribution in [0.25, 0.3) is 0 Å². The van der Waals surface area contributed by atoms with E-state index in [2.05, 4.69) is 34.1 Å². The highest BCUT2D eigenvalue weighted by Crippen LogP contribution is 2.16. The second-order valence-corrected chi connectivity index (χ2v) is 6.66. The van der Waals surface area contributed by atoms with E-state index in [4.69, 9.17) is 0 Å². The standard InChI is InChI=1S/C18H30N4O.C2H6.H2/c1-15-7-4-5-11-22(14-15)12-6-10-21(3)16-8-9-17(20-13-16)18(23)19-2;1-2;/h8-9,13,15H,4-7,10-12,14H2,1-3H3,(H,19,23);1-2H3;1H. The molecule has 1 aromatic rings. The van der Waals surface area contributed by atoms with Crippen molar-refractivity contribution in [2.75, 3.05) is 45.2 Å². The van der Waals surface area contributed by atoms with Crippen molar-refractivity contribution in [1.82, 2.24) is 15.2 Å². The predicted octanol–water partition coefficient (Wildman–Crippen LogP) is 3.66. The van der Waals surface area contributed by atoms with Gasteiger partial charge in [-0.3, -0.25) is 4.79 Å². The summed E-state index contributed by atoms with van der Waals surface area (Å²) in [6.45, 7) is 11.0. The molecule has 2 rings (SSSR count). The van der Waals surface area contributed by atoms with Gasteiger partial charge in [-0.2, -0.15) is 0 Å². The lowest BCUT2D eigenvalue weighted by molar-refractivity contribution is 0.0958. The summed E-state index contributed by atoms with van der Waals surface area (Å²) in [6, 6.07) is 3.74. The Labute approximate surface area is 155 Å². The Morgan fingerprint density at radius 2 is 2.16 bits per heavy atom. The maximum atomic E-state index is 11.5. The first-order chi connectivity index (χ1) is 12.1. The Balaban J connectivity index is 0.00000201. The smallest absolute Gasteiger partial charge is 0.269 e. The van der Waals surface area contributed by atoms with Gasteiger partial charge in [0.05, 0.1) is 11.9 Å². The first kappa shape index (κ1) is 21.4. The zero-order chi connectivity index (χ0) is 18.7. The van der Waals surface area contributed by atoms with Crippen LogP contribution in [0.5, 0.6) is 0 Å². The SMILES string of the molecule is CC.CNC(=O)c1ccc(N(C)CCCN2CCCCC(C)C2)cn1.[HH]. The molecule has 1 aliphatic rings. The number of carbonyl (C=O) groups is 1. The van der Waals surface area contributed by atoms with E-state index in [-0.39, 0.29) is 7.33 Å². The third-order valence-corrected chi connectivity index (χ3v) is 4.61. The highest BCUT2D eigenvalue weighted by Gasteiger charge is 2.14. The topological polar surface area (TPSA) is 48.5 Å². The van der Waals surface area contributed by atoms with Crippen LogP contribution in [0.2, 0.25) is 0 Å². The minimum absolute atomic E-state index is 0. The predicted molar refractivity (Wildman–Crippen MR) is 108 cm³/mol. The lowest BCUT2D eigenvalue weighted by Gasteiger charge is -2.24. The number of carbonyl (C=O) groups excluding carboxylic acids is 1. The second kappa shape index (κ2) is 11.9. The van der Waals surface area contributed by atoms with Crippen molar-refractivity contribution in [2.24, 2.45) is 5.92 Å². The van der Waals surface area contributed by atoms with Gasteiger partial charge in [0, 0.05) is 28.6 Å². The molecule has 0 radical (unpaired) electrons. The molecule has 1 aliphatic heterocycles. The van der Waals surface area contributed by atoms with E-state index in [0.29, 0.717) is 5.69 Å². The average Bonchev–Trinajstić information content (AvgIpc) is 2.86. The number of nitrogens with zero attached hydrogens (tertiary/aromatic N) is 3. The van der Waals surface area contributed by atoms with Gasteiger partial charge in [-0.05, 0) is 50.4 Å². The summed E-state index contributed by atoms with van der Waals surface area (Å²) in [7, 11) is 3.70. The molecule has 5 nitrogen and oxygen atoms in total. The first-order valence-corrected chi connectivity index (χ1v) is 9.71. The summed E-state index contributed by atoms with van der Waals surface area (Å²) in [5.74, 6) is 0.686. The fraction of sp³-hybridized carbons (Fsp3) is 0.700. The molecule has 1 atom stereocenters. The van der Waals surface area contributed by atoms with Gasteiger partial charge in [-0.15, -0.1) is 0 Å². The highest BCUT2D eigenvalue weighted by atomic mass is 16.1. The van der Waals surface area contributed by atoms with Crippen molar-refractivity contribution < 1.29 is 6.22 Å². The Bertz CT molecular complexity index is 495. The van der Waals surface area contributed by atoms with Gasteiger partial charge >= 0.3 is 0 Å². The summed E-state index contributed by atoms with van der Waals surface area (Å²) in [5.41, 5.74) is 1.52. The van der Waals surface area contributed by atoms with Crippen LogP contribution in [0.3, 0.4) is 0 Å². The van der Waals surface area contributed by atoms with Crippen LogP contribution in [-0.2, 0) is 0 Å². The van der Waals surface area contributed by atoms with E-state index < -0.39 is 0 Å². The van der Waals surface area contributed by atoms with Crippen LogP contribution in [0.4, 0.5) is 5.69 Å². The molecule has 0 bridgehead atoms. The highest BCUT2D eigenvalue weighted by molar-refractivity contribution is 5.92. The molecule has 0 aromatic carbocycles. The fourth-order valence-electron chi connectivity index (χ4n) is 3.19. The number of hydrogen-bond donors (Lipinski definition) is 1. The molecule has 5 heteroatoms. The first-order valence-electron chi connectivity index (χ1n) is 9.71. The molecule has 2 heterocycles. The van der Waals surface area contributed by atoms with Crippen LogP contribution < -0.4 is 10.2 Å². The molecule has 0 aliphatic carbocycles. The number of amides is 1. The molecule has 1 N–H and O–H groups in total. The molecule has 0 spiro atoms. The fourth-order valence-corrected chi connectivity index (χ4v) is 3.19. The number of rotatable bonds is 6. The third-order valence-electron chi connectivity index (χ3n) is 4.61. The maximum Gasteiger partial charge on any atom is 0.269 e. The molecule has 1 aromatic heterocycles. The summed E-state index contributed by atoms with van der Waals surface area (Å²) in [5, 5.41) is 2.59. The molecule has 1 amide bonds. The number of anilines is 1. The average molecular weight is 351 g/mol. The number of likely N-dealkylation sites (tertiary alicyclic amines) is 1. The molecule has 0 saturated carbocycles. The van der Waals surface area contributed by atoms with E-state index in [1.54, 1.807) is 19.3 Å². The van der Waals surface area contributed by atoms with E-state index in [1.165, 1.54) is 38.9 Å². The van der Waals surface area contributed by atoms with Crippen LogP contribution in [-0.4, -0.2) is 56.1 Å². The van der Waals surface area contributed by atoms with Gasteiger partial charge in [-0.25, -0.2) is 4.98 Å². The molecule has 1 unspecified atom stereocenters. The van der Waals surface area contributed by atoms with E-state index in [9.17, 15) is 4.79 Å². The van der Waals surface area contributed by atoms with Gasteiger partial charge in [0.2, 0.25) is 0 Å². The van der Waals surface area contributed by atoms with Gasteiger partial charge in [-0.1, -0.05) is 27.2 Å². The third kappa shape index (κ3) is 7.43. The van der Waals surface area contributed by atoms with Gasteiger partial charge < -0.3 is 15.1 Å². The van der Waals surface area contributed by atoms with Crippen molar-refractivity contribution >= 4 is 11.6 Å². The molecule has 1 saturated heterocycles. The van der Waals surface area contributed by atoms with E-state index in [1.807, 2.05) is 19.9 Å². The molecule has 144 valence electrons. The number of nitrogens with one attached hydrogen (secondary N) is 1. The molecular weight excluding hydrogens is 312 g/mol. The number of aromatic nitrogens is 1. The monoisotopic (exact) mass is 350 g/mol. The van der Waals surface area contributed by atoms with Crippen LogP contribution >= 0.6 is 0 Å². The normalized spacial score (nSPS) is 17.9. The lowest BCUT2D eigenvalue weighted by Crippen LogP contribution is -2.31. The van der Waals surface area contributed by atoms with Gasteiger partial charge in [0.25, 0.3) is 5.91 Å². The number of pyridine rings is 1. The minimum Gasteiger partial charge on any atom is -0.373 e. The zero-order valence-electron chi connectivity index (χ0n) is 16.7. The maximum absolute atomic E-state index is 11.5. The summed E-state index contributed by atoms with van der Waals surface area (Å²) < 4.78 is 0. The Morgan fingerprint density at radius 1 is 1.40 bits per heavy atom.